The first-order valence-corrected chi connectivity index (χ1v) is 5.81. The van der Waals surface area contributed by atoms with Crippen LogP contribution < -0.4 is 15.2 Å². The van der Waals surface area contributed by atoms with Crippen LogP contribution in [0.1, 0.15) is 31.2 Å². The van der Waals surface area contributed by atoms with Crippen molar-refractivity contribution in [3.63, 3.8) is 0 Å². The van der Waals surface area contributed by atoms with Gasteiger partial charge in [-0.2, -0.15) is 0 Å². The van der Waals surface area contributed by atoms with E-state index in [1.54, 1.807) is 7.11 Å². The first kappa shape index (κ1) is 11.3. The van der Waals surface area contributed by atoms with Gasteiger partial charge in [-0.3, -0.25) is 0 Å². The van der Waals surface area contributed by atoms with Crippen LogP contribution in [0.25, 0.3) is 0 Å². The Morgan fingerprint density at radius 3 is 2.62 bits per heavy atom. The lowest BCUT2D eigenvalue weighted by Crippen LogP contribution is -2.34. The van der Waals surface area contributed by atoms with Crippen molar-refractivity contribution in [2.75, 3.05) is 13.7 Å². The second-order valence-electron chi connectivity index (χ2n) is 4.27. The van der Waals surface area contributed by atoms with Crippen LogP contribution in [0.5, 0.6) is 11.5 Å². The Bertz CT molecular complexity index is 359. The smallest absolute Gasteiger partial charge is 0.161 e. The molecule has 0 radical (unpaired) electrons. The molecule has 0 amide bonds. The van der Waals surface area contributed by atoms with Crippen LogP contribution in [-0.4, -0.2) is 19.8 Å². The molecule has 0 bridgehead atoms. The zero-order valence-electron chi connectivity index (χ0n) is 9.90. The highest BCUT2D eigenvalue weighted by Gasteiger charge is 2.27. The van der Waals surface area contributed by atoms with E-state index in [0.29, 0.717) is 18.6 Å². The van der Waals surface area contributed by atoms with Crippen molar-refractivity contribution in [1.29, 1.82) is 0 Å². The molecule has 3 heteroatoms. The van der Waals surface area contributed by atoms with Crippen LogP contribution in [0.15, 0.2) is 18.2 Å². The van der Waals surface area contributed by atoms with Crippen LogP contribution in [0.4, 0.5) is 0 Å². The minimum Gasteiger partial charge on any atom is -0.493 e. The summed E-state index contributed by atoms with van der Waals surface area (Å²) in [4.78, 5) is 0. The Kier molecular flexibility index (Phi) is 3.34. The van der Waals surface area contributed by atoms with E-state index in [4.69, 9.17) is 15.2 Å². The van der Waals surface area contributed by atoms with Gasteiger partial charge in [-0.15, -0.1) is 0 Å². The van der Waals surface area contributed by atoms with Crippen molar-refractivity contribution in [2.45, 2.75) is 31.7 Å². The number of nitrogens with two attached hydrogens (primary N) is 1. The minimum absolute atomic E-state index is 0.377. The van der Waals surface area contributed by atoms with E-state index < -0.39 is 0 Å². The first-order valence-electron chi connectivity index (χ1n) is 5.81. The monoisotopic (exact) mass is 221 g/mol. The van der Waals surface area contributed by atoms with Crippen molar-refractivity contribution in [2.24, 2.45) is 5.73 Å². The second kappa shape index (κ2) is 4.74. The third kappa shape index (κ3) is 2.14. The molecule has 2 N–H and O–H groups in total. The summed E-state index contributed by atoms with van der Waals surface area (Å²) in [5, 5.41) is 0. The van der Waals surface area contributed by atoms with Gasteiger partial charge in [-0.1, -0.05) is 6.07 Å². The molecule has 0 atom stereocenters. The van der Waals surface area contributed by atoms with Crippen molar-refractivity contribution >= 4 is 0 Å². The topological polar surface area (TPSA) is 44.5 Å². The summed E-state index contributed by atoms with van der Waals surface area (Å²) in [5.41, 5.74) is 7.11. The Morgan fingerprint density at radius 1 is 1.31 bits per heavy atom. The third-order valence-corrected chi connectivity index (χ3v) is 3.13. The van der Waals surface area contributed by atoms with Gasteiger partial charge in [0.25, 0.3) is 0 Å². The molecule has 1 aliphatic rings. The fraction of sp³-hybridized carbons (Fsp3) is 0.538. The summed E-state index contributed by atoms with van der Waals surface area (Å²) in [7, 11) is 1.67. The Hall–Kier alpha value is -1.22. The zero-order valence-corrected chi connectivity index (χ0v) is 9.90. The molecule has 0 aliphatic heterocycles. The predicted molar refractivity (Wildman–Crippen MR) is 64.1 cm³/mol. The van der Waals surface area contributed by atoms with Gasteiger partial charge in [0, 0.05) is 6.04 Å². The fourth-order valence-electron chi connectivity index (χ4n) is 2.15. The third-order valence-electron chi connectivity index (χ3n) is 3.13. The van der Waals surface area contributed by atoms with E-state index in [2.05, 4.69) is 12.1 Å². The summed E-state index contributed by atoms with van der Waals surface area (Å²) in [6, 6.07) is 6.55. The van der Waals surface area contributed by atoms with Gasteiger partial charge in [-0.05, 0) is 43.4 Å². The number of ether oxygens (including phenoxy) is 2. The molecule has 1 aromatic rings. The molecule has 2 rings (SSSR count). The largest absolute Gasteiger partial charge is 0.493 e. The van der Waals surface area contributed by atoms with Gasteiger partial charge in [0.2, 0.25) is 0 Å². The van der Waals surface area contributed by atoms with E-state index in [9.17, 15) is 0 Å². The van der Waals surface area contributed by atoms with Crippen molar-refractivity contribution in [1.82, 2.24) is 0 Å². The highest BCUT2D eigenvalue weighted by atomic mass is 16.5. The fourth-order valence-corrected chi connectivity index (χ4v) is 2.15. The van der Waals surface area contributed by atoms with Crippen LogP contribution >= 0.6 is 0 Å². The molecule has 88 valence electrons. The lowest BCUT2D eigenvalue weighted by atomic mass is 9.76. The molecule has 1 aliphatic carbocycles. The lowest BCUT2D eigenvalue weighted by molar-refractivity contribution is 0.308. The molecule has 0 saturated heterocycles. The van der Waals surface area contributed by atoms with E-state index in [1.165, 1.54) is 5.56 Å². The van der Waals surface area contributed by atoms with Gasteiger partial charge in [0.15, 0.2) is 11.5 Å². The number of methoxy groups -OCH3 is 1. The molecule has 1 aromatic carbocycles. The lowest BCUT2D eigenvalue weighted by Gasteiger charge is -2.33. The number of hydrogen-bond donors (Lipinski definition) is 1. The molecule has 0 heterocycles. The SMILES string of the molecule is CCOc1ccc(C2CC(N)C2)cc1OC. The van der Waals surface area contributed by atoms with Crippen molar-refractivity contribution < 1.29 is 9.47 Å². The highest BCUT2D eigenvalue weighted by molar-refractivity contribution is 5.44. The maximum Gasteiger partial charge on any atom is 0.161 e. The quantitative estimate of drug-likeness (QED) is 0.848. The van der Waals surface area contributed by atoms with Crippen LogP contribution in [0, 0.1) is 0 Å². The Balaban J connectivity index is 2.16. The second-order valence-corrected chi connectivity index (χ2v) is 4.27. The predicted octanol–water partition coefficient (Wildman–Crippen LogP) is 2.30. The molecule has 1 fully saturated rings. The molecular formula is C13H19NO2. The average Bonchev–Trinajstić information content (AvgIpc) is 2.26. The van der Waals surface area contributed by atoms with Crippen molar-refractivity contribution in [3.8, 4) is 11.5 Å². The van der Waals surface area contributed by atoms with Gasteiger partial charge in [0.1, 0.15) is 0 Å². The summed E-state index contributed by atoms with van der Waals surface area (Å²) >= 11 is 0. The first-order chi connectivity index (χ1) is 7.74. The van der Waals surface area contributed by atoms with Crippen LogP contribution in [-0.2, 0) is 0 Å². The maximum absolute atomic E-state index is 5.80. The maximum atomic E-state index is 5.80. The molecule has 1 saturated carbocycles. The summed E-state index contributed by atoms with van der Waals surface area (Å²) < 4.78 is 10.8. The highest BCUT2D eigenvalue weighted by Crippen LogP contribution is 2.39. The minimum atomic E-state index is 0.377. The molecule has 16 heavy (non-hydrogen) atoms. The molecule has 0 unspecified atom stereocenters. The Labute approximate surface area is 96.5 Å². The van der Waals surface area contributed by atoms with E-state index in [-0.39, 0.29) is 0 Å². The number of benzene rings is 1. The van der Waals surface area contributed by atoms with E-state index in [1.807, 2.05) is 13.0 Å². The summed E-state index contributed by atoms with van der Waals surface area (Å²) in [6.45, 7) is 2.63. The number of rotatable bonds is 4. The Morgan fingerprint density at radius 2 is 2.06 bits per heavy atom. The van der Waals surface area contributed by atoms with Gasteiger partial charge in [0.05, 0.1) is 13.7 Å². The molecular weight excluding hydrogens is 202 g/mol. The van der Waals surface area contributed by atoms with Crippen LogP contribution in [0.2, 0.25) is 0 Å². The van der Waals surface area contributed by atoms with Crippen molar-refractivity contribution in [3.05, 3.63) is 23.8 Å². The van der Waals surface area contributed by atoms with Gasteiger partial charge >= 0.3 is 0 Å². The normalized spacial score (nSPS) is 23.7. The zero-order chi connectivity index (χ0) is 11.5. The molecule has 3 nitrogen and oxygen atoms in total. The summed E-state index contributed by atoms with van der Waals surface area (Å²) in [5.74, 6) is 2.23. The molecule has 0 spiro atoms. The average molecular weight is 221 g/mol. The van der Waals surface area contributed by atoms with Crippen LogP contribution in [0.3, 0.4) is 0 Å². The van der Waals surface area contributed by atoms with E-state index >= 15 is 0 Å². The number of hydrogen-bond acceptors (Lipinski definition) is 3. The van der Waals surface area contributed by atoms with Gasteiger partial charge < -0.3 is 15.2 Å². The van der Waals surface area contributed by atoms with Gasteiger partial charge in [-0.25, -0.2) is 0 Å². The van der Waals surface area contributed by atoms with E-state index in [0.717, 1.165) is 24.3 Å². The standard InChI is InChI=1S/C13H19NO2/c1-3-16-12-5-4-9(8-13(12)15-2)10-6-11(14)7-10/h4-5,8,10-11H,3,6-7,14H2,1-2H3. The molecule has 0 aromatic heterocycles. The summed E-state index contributed by atoms with van der Waals surface area (Å²) in [6.07, 6.45) is 2.16.